The van der Waals surface area contributed by atoms with Gasteiger partial charge in [-0.2, -0.15) is 0 Å². The molecule has 1 aliphatic heterocycles. The lowest BCUT2D eigenvalue weighted by Gasteiger charge is -2.22. The molecule has 0 unspecified atom stereocenters. The van der Waals surface area contributed by atoms with Crippen LogP contribution in [-0.2, 0) is 11.3 Å². The van der Waals surface area contributed by atoms with Crippen LogP contribution in [0, 0.1) is 0 Å². The van der Waals surface area contributed by atoms with E-state index in [0.29, 0.717) is 0 Å². The average Bonchev–Trinajstić information content (AvgIpc) is 2.31. The molecule has 1 aromatic rings. The molecule has 0 atom stereocenters. The third kappa shape index (κ3) is 3.18. The topological polar surface area (TPSA) is 43.4 Å². The van der Waals surface area contributed by atoms with Crippen LogP contribution in [0.1, 0.15) is 18.5 Å². The van der Waals surface area contributed by atoms with Crippen molar-refractivity contribution in [2.75, 3.05) is 20.3 Å². The number of aromatic nitrogens is 1. The molecule has 16 heavy (non-hydrogen) atoms. The van der Waals surface area contributed by atoms with E-state index in [1.54, 1.807) is 0 Å². The van der Waals surface area contributed by atoms with Crippen LogP contribution >= 0.6 is 0 Å². The summed E-state index contributed by atoms with van der Waals surface area (Å²) in [5.74, 6) is 0.722. The average molecular weight is 222 g/mol. The van der Waals surface area contributed by atoms with Gasteiger partial charge in [0.1, 0.15) is 6.10 Å². The van der Waals surface area contributed by atoms with Crippen molar-refractivity contribution in [3.05, 3.63) is 23.9 Å². The van der Waals surface area contributed by atoms with Gasteiger partial charge in [0.05, 0.1) is 18.9 Å². The maximum Gasteiger partial charge on any atom is 0.213 e. The molecule has 0 bridgehead atoms. The minimum absolute atomic E-state index is 0.256. The first-order valence-corrected chi connectivity index (χ1v) is 5.73. The first kappa shape index (κ1) is 11.4. The van der Waals surface area contributed by atoms with Crippen molar-refractivity contribution in [3.63, 3.8) is 0 Å². The second kappa shape index (κ2) is 5.82. The van der Waals surface area contributed by atoms with E-state index >= 15 is 0 Å². The summed E-state index contributed by atoms with van der Waals surface area (Å²) in [4.78, 5) is 4.43. The standard InChI is InChI=1S/C12H18N2O2/c1-13-9-10-3-2-4-12(14-10)16-11-5-7-15-8-6-11/h2-4,11,13H,5-9H2,1H3. The van der Waals surface area contributed by atoms with Gasteiger partial charge in [-0.3, -0.25) is 0 Å². The summed E-state index contributed by atoms with van der Waals surface area (Å²) in [6.07, 6.45) is 2.17. The lowest BCUT2D eigenvalue weighted by atomic mass is 10.1. The largest absolute Gasteiger partial charge is 0.474 e. The molecular weight excluding hydrogens is 204 g/mol. The van der Waals surface area contributed by atoms with E-state index in [9.17, 15) is 0 Å². The lowest BCUT2D eigenvalue weighted by molar-refractivity contribution is 0.0236. The molecule has 88 valence electrons. The molecule has 0 spiro atoms. The molecule has 2 heterocycles. The quantitative estimate of drug-likeness (QED) is 0.835. The SMILES string of the molecule is CNCc1cccc(OC2CCOCC2)n1. The van der Waals surface area contributed by atoms with Gasteiger partial charge in [-0.05, 0) is 13.1 Å². The molecule has 4 heteroatoms. The molecule has 1 saturated heterocycles. The van der Waals surface area contributed by atoms with Crippen LogP contribution < -0.4 is 10.1 Å². The Bertz CT molecular complexity index is 325. The van der Waals surface area contributed by atoms with Gasteiger partial charge in [0, 0.05) is 25.5 Å². The molecule has 0 amide bonds. The van der Waals surface area contributed by atoms with Gasteiger partial charge < -0.3 is 14.8 Å². The van der Waals surface area contributed by atoms with E-state index in [2.05, 4.69) is 10.3 Å². The Hall–Kier alpha value is -1.13. The summed E-state index contributed by atoms with van der Waals surface area (Å²) >= 11 is 0. The Kier molecular flexibility index (Phi) is 4.13. The summed E-state index contributed by atoms with van der Waals surface area (Å²) in [5, 5.41) is 3.08. The smallest absolute Gasteiger partial charge is 0.213 e. The Morgan fingerprint density at radius 2 is 2.25 bits per heavy atom. The van der Waals surface area contributed by atoms with Crippen molar-refractivity contribution >= 4 is 0 Å². The Morgan fingerprint density at radius 3 is 3.00 bits per heavy atom. The van der Waals surface area contributed by atoms with Gasteiger partial charge >= 0.3 is 0 Å². The highest BCUT2D eigenvalue weighted by atomic mass is 16.5. The maximum atomic E-state index is 5.82. The normalized spacial score (nSPS) is 17.3. The van der Waals surface area contributed by atoms with Crippen LogP contribution in [0.2, 0.25) is 0 Å². The molecule has 1 aliphatic rings. The van der Waals surface area contributed by atoms with Crippen molar-refractivity contribution in [3.8, 4) is 5.88 Å². The molecule has 0 radical (unpaired) electrons. The van der Waals surface area contributed by atoms with Gasteiger partial charge in [-0.15, -0.1) is 0 Å². The highest BCUT2D eigenvalue weighted by Gasteiger charge is 2.15. The van der Waals surface area contributed by atoms with Crippen LogP contribution in [0.5, 0.6) is 5.88 Å². The first-order valence-electron chi connectivity index (χ1n) is 5.73. The zero-order valence-corrected chi connectivity index (χ0v) is 9.61. The summed E-state index contributed by atoms with van der Waals surface area (Å²) in [5.41, 5.74) is 1.01. The predicted molar refractivity (Wildman–Crippen MR) is 61.5 cm³/mol. The molecule has 2 rings (SSSR count). The summed E-state index contributed by atoms with van der Waals surface area (Å²) in [7, 11) is 1.91. The van der Waals surface area contributed by atoms with E-state index < -0.39 is 0 Å². The fourth-order valence-corrected chi connectivity index (χ4v) is 1.77. The van der Waals surface area contributed by atoms with Gasteiger partial charge in [0.15, 0.2) is 0 Å². The van der Waals surface area contributed by atoms with E-state index in [1.807, 2.05) is 25.2 Å². The predicted octanol–water partition coefficient (Wildman–Crippen LogP) is 1.36. The number of pyridine rings is 1. The number of ether oxygens (including phenoxy) is 2. The molecule has 0 aromatic carbocycles. The zero-order chi connectivity index (χ0) is 11.2. The van der Waals surface area contributed by atoms with Crippen molar-refractivity contribution in [1.82, 2.24) is 10.3 Å². The van der Waals surface area contributed by atoms with Crippen LogP contribution in [0.25, 0.3) is 0 Å². The van der Waals surface area contributed by atoms with E-state index in [4.69, 9.17) is 9.47 Å². The van der Waals surface area contributed by atoms with E-state index in [-0.39, 0.29) is 6.10 Å². The van der Waals surface area contributed by atoms with Gasteiger partial charge in [-0.25, -0.2) is 4.98 Å². The second-order valence-electron chi connectivity index (χ2n) is 3.93. The number of nitrogens with one attached hydrogen (secondary N) is 1. The van der Waals surface area contributed by atoms with Crippen molar-refractivity contribution in [2.24, 2.45) is 0 Å². The minimum Gasteiger partial charge on any atom is -0.474 e. The molecule has 4 nitrogen and oxygen atoms in total. The Morgan fingerprint density at radius 1 is 1.44 bits per heavy atom. The second-order valence-corrected chi connectivity index (χ2v) is 3.93. The first-order chi connectivity index (χ1) is 7.88. The number of nitrogens with zero attached hydrogens (tertiary/aromatic N) is 1. The molecule has 1 aromatic heterocycles. The number of rotatable bonds is 4. The van der Waals surface area contributed by atoms with Gasteiger partial charge in [0.25, 0.3) is 0 Å². The van der Waals surface area contributed by atoms with E-state index in [0.717, 1.165) is 44.2 Å². The molecular formula is C12H18N2O2. The summed E-state index contributed by atoms with van der Waals surface area (Å²) in [6, 6.07) is 5.89. The molecule has 0 saturated carbocycles. The fraction of sp³-hybridized carbons (Fsp3) is 0.583. The Balaban J connectivity index is 1.94. The van der Waals surface area contributed by atoms with Crippen molar-refractivity contribution in [1.29, 1.82) is 0 Å². The minimum atomic E-state index is 0.256. The van der Waals surface area contributed by atoms with Gasteiger partial charge in [-0.1, -0.05) is 6.07 Å². The summed E-state index contributed by atoms with van der Waals surface area (Å²) < 4.78 is 11.1. The van der Waals surface area contributed by atoms with Crippen LogP contribution in [0.4, 0.5) is 0 Å². The van der Waals surface area contributed by atoms with Crippen molar-refractivity contribution in [2.45, 2.75) is 25.5 Å². The number of hydrogen-bond donors (Lipinski definition) is 1. The highest BCUT2D eigenvalue weighted by molar-refractivity contribution is 5.16. The zero-order valence-electron chi connectivity index (χ0n) is 9.61. The molecule has 1 N–H and O–H groups in total. The summed E-state index contributed by atoms with van der Waals surface area (Å²) in [6.45, 7) is 2.35. The molecule has 0 aliphatic carbocycles. The third-order valence-corrected chi connectivity index (χ3v) is 2.59. The highest BCUT2D eigenvalue weighted by Crippen LogP contribution is 2.15. The Labute approximate surface area is 96.0 Å². The lowest BCUT2D eigenvalue weighted by Crippen LogP contribution is -2.26. The number of hydrogen-bond acceptors (Lipinski definition) is 4. The van der Waals surface area contributed by atoms with Crippen LogP contribution in [-0.4, -0.2) is 31.3 Å². The molecule has 1 fully saturated rings. The van der Waals surface area contributed by atoms with Gasteiger partial charge in [0.2, 0.25) is 5.88 Å². The van der Waals surface area contributed by atoms with Crippen LogP contribution in [0.15, 0.2) is 18.2 Å². The monoisotopic (exact) mass is 222 g/mol. The van der Waals surface area contributed by atoms with Crippen LogP contribution in [0.3, 0.4) is 0 Å². The third-order valence-electron chi connectivity index (χ3n) is 2.59. The van der Waals surface area contributed by atoms with E-state index in [1.165, 1.54) is 0 Å². The maximum absolute atomic E-state index is 5.82. The van der Waals surface area contributed by atoms with Crippen molar-refractivity contribution < 1.29 is 9.47 Å². The fourth-order valence-electron chi connectivity index (χ4n) is 1.77.